The van der Waals surface area contributed by atoms with Crippen molar-refractivity contribution in [2.45, 2.75) is 25.9 Å². The number of nitro benzene ring substituents is 1. The molecule has 5 heteroatoms. The predicted molar refractivity (Wildman–Crippen MR) is 65.2 cm³/mol. The summed E-state index contributed by atoms with van der Waals surface area (Å²) in [5, 5.41) is 14.0. The molecule has 1 N–H and O–H groups in total. The minimum absolute atomic E-state index is 0.121. The summed E-state index contributed by atoms with van der Waals surface area (Å²) in [5.74, 6) is 0.761. The molecule has 2 rings (SSSR count). The second-order valence-electron chi connectivity index (χ2n) is 4.23. The summed E-state index contributed by atoms with van der Waals surface area (Å²) in [4.78, 5) is 10.2. The van der Waals surface area contributed by atoms with Gasteiger partial charge in [-0.1, -0.05) is 22.9 Å². The van der Waals surface area contributed by atoms with Crippen LogP contribution >= 0.6 is 15.9 Å². The molecule has 1 saturated carbocycles. The predicted octanol–water partition coefficient (Wildman–Crippen LogP) is 2.86. The number of nitrogens with zero attached hydrogens (tertiary/aromatic N) is 1. The molecule has 0 aliphatic heterocycles. The third-order valence-corrected chi connectivity index (χ3v) is 3.65. The van der Waals surface area contributed by atoms with Crippen molar-refractivity contribution in [1.29, 1.82) is 0 Å². The van der Waals surface area contributed by atoms with E-state index in [4.69, 9.17) is 0 Å². The van der Waals surface area contributed by atoms with Crippen molar-refractivity contribution in [3.63, 3.8) is 0 Å². The fourth-order valence-electron chi connectivity index (χ4n) is 1.64. The van der Waals surface area contributed by atoms with Crippen molar-refractivity contribution in [3.05, 3.63) is 38.3 Å². The Kier molecular flexibility index (Phi) is 3.25. The van der Waals surface area contributed by atoms with E-state index in [1.165, 1.54) is 12.5 Å². The van der Waals surface area contributed by atoms with Crippen molar-refractivity contribution in [2.75, 3.05) is 0 Å². The summed E-state index contributed by atoms with van der Waals surface area (Å²) in [6, 6.07) is 5.50. The lowest BCUT2D eigenvalue weighted by Crippen LogP contribution is -2.17. The number of non-ortho nitro benzene ring substituents is 1. The van der Waals surface area contributed by atoms with Gasteiger partial charge in [-0.15, -0.1) is 0 Å². The first-order valence-corrected chi connectivity index (χ1v) is 6.03. The van der Waals surface area contributed by atoms with Gasteiger partial charge in [0.2, 0.25) is 0 Å². The third-order valence-electron chi connectivity index (χ3n) is 2.91. The number of halogens is 1. The van der Waals surface area contributed by atoms with Crippen molar-refractivity contribution in [3.8, 4) is 0 Å². The highest BCUT2D eigenvalue weighted by Crippen LogP contribution is 2.30. The van der Waals surface area contributed by atoms with E-state index >= 15 is 0 Å². The minimum atomic E-state index is -0.384. The van der Waals surface area contributed by atoms with Crippen LogP contribution in [0.3, 0.4) is 0 Å². The largest absolute Gasteiger partial charge is 0.310 e. The van der Waals surface area contributed by atoms with Crippen molar-refractivity contribution in [1.82, 2.24) is 5.32 Å². The molecule has 0 bridgehead atoms. The van der Waals surface area contributed by atoms with Crippen LogP contribution in [0.15, 0.2) is 22.7 Å². The molecule has 86 valence electrons. The van der Waals surface area contributed by atoms with Crippen LogP contribution in [0.25, 0.3) is 0 Å². The molecule has 0 heterocycles. The monoisotopic (exact) mass is 284 g/mol. The normalized spacial score (nSPS) is 23.1. The Hall–Kier alpha value is -0.940. The Morgan fingerprint density at radius 3 is 2.81 bits per heavy atom. The van der Waals surface area contributed by atoms with Gasteiger partial charge in [0.15, 0.2) is 0 Å². The smallest absolute Gasteiger partial charge is 0.270 e. The van der Waals surface area contributed by atoms with E-state index in [0.29, 0.717) is 6.04 Å². The van der Waals surface area contributed by atoms with Gasteiger partial charge < -0.3 is 5.32 Å². The molecule has 1 aromatic rings. The maximum Gasteiger partial charge on any atom is 0.270 e. The molecule has 0 saturated heterocycles. The molecular formula is C11H13BrN2O2. The van der Waals surface area contributed by atoms with Gasteiger partial charge in [0.05, 0.1) is 4.92 Å². The lowest BCUT2D eigenvalue weighted by atomic mass is 10.2. The summed E-state index contributed by atoms with van der Waals surface area (Å²) in [6.07, 6.45) is 1.23. The Morgan fingerprint density at radius 1 is 1.62 bits per heavy atom. The molecule has 2 unspecified atom stereocenters. The second kappa shape index (κ2) is 4.51. The number of benzene rings is 1. The van der Waals surface area contributed by atoms with Crippen LogP contribution in [0.1, 0.15) is 18.9 Å². The van der Waals surface area contributed by atoms with Crippen LogP contribution in [0.5, 0.6) is 0 Å². The average Bonchev–Trinajstić information content (AvgIpc) is 2.92. The fourth-order valence-corrected chi connectivity index (χ4v) is 2.15. The lowest BCUT2D eigenvalue weighted by molar-refractivity contribution is -0.384. The van der Waals surface area contributed by atoms with Crippen LogP contribution in [-0.4, -0.2) is 11.0 Å². The Balaban J connectivity index is 2.01. The highest BCUT2D eigenvalue weighted by atomic mass is 79.9. The fraction of sp³-hybridized carbons (Fsp3) is 0.455. The molecule has 16 heavy (non-hydrogen) atoms. The Morgan fingerprint density at radius 2 is 2.31 bits per heavy atom. The van der Waals surface area contributed by atoms with E-state index in [1.807, 2.05) is 0 Å². The third kappa shape index (κ3) is 2.59. The molecule has 1 aromatic carbocycles. The molecular weight excluding hydrogens is 272 g/mol. The molecule has 0 spiro atoms. The standard InChI is InChI=1S/C11H13BrN2O2/c1-7-4-11(7)13-6-8-2-3-9(14(15)16)5-10(8)12/h2-3,5,7,11,13H,4,6H2,1H3. The lowest BCUT2D eigenvalue weighted by Gasteiger charge is -2.05. The number of nitrogens with one attached hydrogen (secondary N) is 1. The minimum Gasteiger partial charge on any atom is -0.310 e. The van der Waals surface area contributed by atoms with Gasteiger partial charge in [0.25, 0.3) is 5.69 Å². The first kappa shape index (κ1) is 11.5. The topological polar surface area (TPSA) is 55.2 Å². The molecule has 4 nitrogen and oxygen atoms in total. The van der Waals surface area contributed by atoms with Crippen molar-refractivity contribution in [2.24, 2.45) is 5.92 Å². The summed E-state index contributed by atoms with van der Waals surface area (Å²) in [6.45, 7) is 2.97. The van der Waals surface area contributed by atoms with E-state index in [9.17, 15) is 10.1 Å². The van der Waals surface area contributed by atoms with Gasteiger partial charge in [0, 0.05) is 29.2 Å². The van der Waals surface area contributed by atoms with E-state index in [0.717, 1.165) is 22.5 Å². The summed E-state index contributed by atoms with van der Waals surface area (Å²) >= 11 is 3.36. The first-order chi connectivity index (χ1) is 7.58. The van der Waals surface area contributed by atoms with Gasteiger partial charge in [0.1, 0.15) is 0 Å². The van der Waals surface area contributed by atoms with Crippen LogP contribution in [-0.2, 0) is 6.54 Å². The zero-order valence-corrected chi connectivity index (χ0v) is 10.5. The molecule has 0 radical (unpaired) electrons. The summed E-state index contributed by atoms with van der Waals surface area (Å²) in [5.41, 5.74) is 1.18. The van der Waals surface area contributed by atoms with Gasteiger partial charge in [-0.05, 0) is 24.0 Å². The molecule has 0 aromatic heterocycles. The quantitative estimate of drug-likeness (QED) is 0.683. The molecule has 0 amide bonds. The summed E-state index contributed by atoms with van der Waals surface area (Å²) in [7, 11) is 0. The average molecular weight is 285 g/mol. The van der Waals surface area contributed by atoms with Crippen LogP contribution < -0.4 is 5.32 Å². The van der Waals surface area contributed by atoms with E-state index in [2.05, 4.69) is 28.2 Å². The van der Waals surface area contributed by atoms with Gasteiger partial charge in [-0.2, -0.15) is 0 Å². The van der Waals surface area contributed by atoms with Crippen LogP contribution in [0, 0.1) is 16.0 Å². The SMILES string of the molecule is CC1CC1NCc1ccc([N+](=O)[O-])cc1Br. The maximum absolute atomic E-state index is 10.6. The Labute approximate surface area is 102 Å². The van der Waals surface area contributed by atoms with Crippen LogP contribution in [0.4, 0.5) is 5.69 Å². The maximum atomic E-state index is 10.6. The second-order valence-corrected chi connectivity index (χ2v) is 5.09. The highest BCUT2D eigenvalue weighted by molar-refractivity contribution is 9.10. The molecule has 1 aliphatic carbocycles. The number of hydrogen-bond donors (Lipinski definition) is 1. The summed E-state index contributed by atoms with van der Waals surface area (Å²) < 4.78 is 0.794. The molecule has 1 fully saturated rings. The van der Waals surface area contributed by atoms with Gasteiger partial charge >= 0.3 is 0 Å². The highest BCUT2D eigenvalue weighted by Gasteiger charge is 2.31. The first-order valence-electron chi connectivity index (χ1n) is 5.24. The zero-order valence-electron chi connectivity index (χ0n) is 8.94. The van der Waals surface area contributed by atoms with Gasteiger partial charge in [-0.25, -0.2) is 0 Å². The molecule has 1 aliphatic rings. The molecule has 2 atom stereocenters. The van der Waals surface area contributed by atoms with E-state index in [-0.39, 0.29) is 10.6 Å². The number of nitro groups is 1. The Bertz CT molecular complexity index is 422. The zero-order chi connectivity index (χ0) is 11.7. The van der Waals surface area contributed by atoms with E-state index < -0.39 is 0 Å². The van der Waals surface area contributed by atoms with Crippen molar-refractivity contribution < 1.29 is 4.92 Å². The van der Waals surface area contributed by atoms with E-state index in [1.54, 1.807) is 12.1 Å². The van der Waals surface area contributed by atoms with Gasteiger partial charge in [-0.3, -0.25) is 10.1 Å². The van der Waals surface area contributed by atoms with Crippen molar-refractivity contribution >= 4 is 21.6 Å². The number of hydrogen-bond acceptors (Lipinski definition) is 3. The number of rotatable bonds is 4. The van der Waals surface area contributed by atoms with Crippen LogP contribution in [0.2, 0.25) is 0 Å².